The molecule has 2 saturated heterocycles. The summed E-state index contributed by atoms with van der Waals surface area (Å²) in [5, 5.41) is 0.613. The van der Waals surface area contributed by atoms with Crippen LogP contribution >= 0.6 is 22.9 Å². The van der Waals surface area contributed by atoms with Crippen molar-refractivity contribution in [2.45, 2.75) is 83.5 Å². The van der Waals surface area contributed by atoms with Gasteiger partial charge >= 0.3 is 12.1 Å². The van der Waals surface area contributed by atoms with Gasteiger partial charge in [-0.1, -0.05) is 11.6 Å². The van der Waals surface area contributed by atoms with E-state index in [1.165, 1.54) is 28.2 Å². The Morgan fingerprint density at radius 3 is 2.53 bits per heavy atom. The second-order valence-corrected chi connectivity index (χ2v) is 14.7. The number of methoxy groups -OCH3 is 1. The number of amides is 3. The maximum Gasteiger partial charge on any atom is 0.411 e. The van der Waals surface area contributed by atoms with Crippen molar-refractivity contribution < 1.29 is 28.7 Å². The number of esters is 1. The third-order valence-electron chi connectivity index (χ3n) is 8.81. The van der Waals surface area contributed by atoms with Gasteiger partial charge in [0, 0.05) is 71.3 Å². The molecule has 2 atom stereocenters. The Hall–Kier alpha value is -3.70. The van der Waals surface area contributed by atoms with Gasteiger partial charge in [0.15, 0.2) is 0 Å². The molecule has 0 radical (unpaired) electrons. The molecule has 1 aromatic carbocycles. The summed E-state index contributed by atoms with van der Waals surface area (Å²) in [6.07, 6.45) is 3.79. The Balaban J connectivity index is 1.41. The van der Waals surface area contributed by atoms with E-state index in [4.69, 9.17) is 21.1 Å². The average molecular weight is 653 g/mol. The van der Waals surface area contributed by atoms with Gasteiger partial charge in [0.25, 0.3) is 0 Å². The number of carbonyl (C=O) groups excluding carboxylic acids is 4. The average Bonchev–Trinajstić information content (AvgIpc) is 3.66. The molecule has 0 saturated carbocycles. The molecule has 10 nitrogen and oxygen atoms in total. The first-order valence-electron chi connectivity index (χ1n) is 15.2. The number of carbonyl (C=O) groups is 4. The lowest BCUT2D eigenvalue weighted by atomic mass is 9.91. The molecule has 3 aromatic rings. The summed E-state index contributed by atoms with van der Waals surface area (Å²) < 4.78 is 11.9. The number of likely N-dealkylation sites (tertiary alicyclic amines) is 2. The molecule has 0 unspecified atom stereocenters. The lowest BCUT2D eigenvalue weighted by Crippen LogP contribution is -2.52. The van der Waals surface area contributed by atoms with Crippen LogP contribution in [0.5, 0.6) is 0 Å². The molecule has 238 valence electrons. The first-order chi connectivity index (χ1) is 21.3. The Kier molecular flexibility index (Phi) is 8.06. The molecule has 6 rings (SSSR count). The molecule has 45 heavy (non-hydrogen) atoms. The van der Waals surface area contributed by atoms with E-state index >= 15 is 0 Å². The van der Waals surface area contributed by atoms with E-state index in [1.807, 2.05) is 24.3 Å². The van der Waals surface area contributed by atoms with Crippen molar-refractivity contribution in [2.75, 3.05) is 25.1 Å². The molecular weight excluding hydrogens is 616 g/mol. The van der Waals surface area contributed by atoms with Crippen molar-refractivity contribution in [2.24, 2.45) is 0 Å². The highest BCUT2D eigenvalue weighted by Gasteiger charge is 2.54. The van der Waals surface area contributed by atoms with Gasteiger partial charge in [-0.3, -0.25) is 24.4 Å². The maximum absolute atomic E-state index is 13.4. The van der Waals surface area contributed by atoms with Crippen LogP contribution in [0.25, 0.3) is 21.3 Å². The number of ether oxygens (including phenoxy) is 2. The second kappa shape index (κ2) is 11.6. The highest BCUT2D eigenvalue weighted by molar-refractivity contribution is 7.19. The Labute approximate surface area is 271 Å². The fourth-order valence-corrected chi connectivity index (χ4v) is 8.17. The molecule has 0 aliphatic carbocycles. The second-order valence-electron chi connectivity index (χ2n) is 13.1. The van der Waals surface area contributed by atoms with Crippen molar-refractivity contribution in [3.05, 3.63) is 45.9 Å². The van der Waals surface area contributed by atoms with Crippen LogP contribution in [-0.2, 0) is 36.8 Å². The van der Waals surface area contributed by atoms with Crippen LogP contribution in [0.2, 0.25) is 5.02 Å². The van der Waals surface area contributed by atoms with Crippen molar-refractivity contribution in [1.29, 1.82) is 0 Å². The van der Waals surface area contributed by atoms with Crippen molar-refractivity contribution in [1.82, 2.24) is 14.8 Å². The zero-order chi connectivity index (χ0) is 32.3. The number of thiophene rings is 1. The predicted molar refractivity (Wildman–Crippen MR) is 172 cm³/mol. The van der Waals surface area contributed by atoms with E-state index in [-0.39, 0.29) is 43.8 Å². The molecule has 3 amide bonds. The molecule has 5 heterocycles. The van der Waals surface area contributed by atoms with Gasteiger partial charge < -0.3 is 14.4 Å². The number of anilines is 1. The largest absolute Gasteiger partial charge is 0.467 e. The van der Waals surface area contributed by atoms with Crippen molar-refractivity contribution in [3.63, 3.8) is 0 Å². The quantitative estimate of drug-likeness (QED) is 0.245. The summed E-state index contributed by atoms with van der Waals surface area (Å²) in [6.45, 7) is 8.40. The van der Waals surface area contributed by atoms with Gasteiger partial charge in [0.1, 0.15) is 11.1 Å². The van der Waals surface area contributed by atoms with Crippen LogP contribution in [0.1, 0.15) is 63.8 Å². The Bertz CT molecular complexity index is 1700. The number of hydrogen-bond donors (Lipinski definition) is 0. The number of pyridine rings is 1. The van der Waals surface area contributed by atoms with Crippen LogP contribution in [-0.4, -0.2) is 76.0 Å². The monoisotopic (exact) mass is 652 g/mol. The number of imide groups is 1. The summed E-state index contributed by atoms with van der Waals surface area (Å²) in [6, 6.07) is 7.67. The fourth-order valence-electron chi connectivity index (χ4n) is 6.80. The Morgan fingerprint density at radius 2 is 1.84 bits per heavy atom. The lowest BCUT2D eigenvalue weighted by Gasteiger charge is -2.38. The standard InChI is InChI=1S/C33H37ClN4O6S/c1-32(2,3)44-31(42)38-17-21(16-33(38,4)30(41)43-5)36-12-6-7-19-13-20(34)14-24(28(19)36)23-10-11-35-25-15-22(45-29(23)25)18-37-26(39)8-9-27(37)40/h10-11,13-15,21H,6-9,12,16-18H2,1-5H3/t21-,33-/m1/s1. The molecule has 2 fully saturated rings. The van der Waals surface area contributed by atoms with Gasteiger partial charge in [0.05, 0.1) is 23.9 Å². The predicted octanol–water partition coefficient (Wildman–Crippen LogP) is 5.96. The molecule has 0 N–H and O–H groups in total. The third kappa shape index (κ3) is 5.76. The molecule has 0 bridgehead atoms. The zero-order valence-electron chi connectivity index (χ0n) is 26.1. The SMILES string of the molecule is COC(=O)[C@@]1(C)C[C@@H](N2CCCc3cc(Cl)cc(-c4ccnc5cc(CN6C(=O)CCC6=O)sc45)c32)CN1C(=O)OC(C)(C)C. The van der Waals surface area contributed by atoms with Gasteiger partial charge in [-0.15, -0.1) is 11.3 Å². The van der Waals surface area contributed by atoms with Crippen LogP contribution in [0, 0.1) is 0 Å². The topological polar surface area (TPSA) is 109 Å². The molecule has 2 aromatic heterocycles. The summed E-state index contributed by atoms with van der Waals surface area (Å²) >= 11 is 8.24. The van der Waals surface area contributed by atoms with Gasteiger partial charge in [-0.05, 0) is 70.4 Å². The van der Waals surface area contributed by atoms with E-state index in [2.05, 4.69) is 9.88 Å². The van der Waals surface area contributed by atoms with Gasteiger partial charge in [-0.2, -0.15) is 0 Å². The minimum Gasteiger partial charge on any atom is -0.467 e. The van der Waals surface area contributed by atoms with E-state index in [1.54, 1.807) is 33.9 Å². The normalized spacial score (nSPS) is 21.9. The third-order valence-corrected chi connectivity index (χ3v) is 10.2. The minimum atomic E-state index is -1.21. The van der Waals surface area contributed by atoms with Crippen LogP contribution < -0.4 is 4.90 Å². The van der Waals surface area contributed by atoms with Crippen molar-refractivity contribution in [3.8, 4) is 11.1 Å². The van der Waals surface area contributed by atoms with Gasteiger partial charge in [-0.25, -0.2) is 9.59 Å². The highest BCUT2D eigenvalue weighted by Crippen LogP contribution is 2.46. The maximum atomic E-state index is 13.4. The van der Waals surface area contributed by atoms with Gasteiger partial charge in [0.2, 0.25) is 11.8 Å². The van der Waals surface area contributed by atoms with Crippen LogP contribution in [0.4, 0.5) is 10.5 Å². The summed E-state index contributed by atoms with van der Waals surface area (Å²) in [5.41, 5.74) is 2.83. The van der Waals surface area contributed by atoms with E-state index in [9.17, 15) is 19.2 Å². The number of fused-ring (bicyclic) bond motifs is 2. The summed E-state index contributed by atoms with van der Waals surface area (Å²) in [4.78, 5) is 61.8. The summed E-state index contributed by atoms with van der Waals surface area (Å²) in [7, 11) is 1.34. The van der Waals surface area contributed by atoms with E-state index in [0.717, 1.165) is 56.9 Å². The number of hydrogen-bond acceptors (Lipinski definition) is 9. The Morgan fingerprint density at radius 1 is 1.11 bits per heavy atom. The molecule has 12 heteroatoms. The van der Waals surface area contributed by atoms with E-state index in [0.29, 0.717) is 11.4 Å². The first-order valence-corrected chi connectivity index (χ1v) is 16.4. The number of benzene rings is 1. The highest BCUT2D eigenvalue weighted by atomic mass is 35.5. The molecule has 3 aliphatic rings. The molecule has 0 spiro atoms. The molecular formula is C33H37ClN4O6S. The summed E-state index contributed by atoms with van der Waals surface area (Å²) in [5.74, 6) is -0.788. The zero-order valence-corrected chi connectivity index (χ0v) is 27.7. The number of aromatic nitrogens is 1. The lowest BCUT2D eigenvalue weighted by molar-refractivity contribution is -0.152. The minimum absolute atomic E-state index is 0.152. The van der Waals surface area contributed by atoms with Crippen LogP contribution in [0.15, 0.2) is 30.5 Å². The van der Waals surface area contributed by atoms with Crippen molar-refractivity contribution >= 4 is 62.7 Å². The number of aryl methyl sites for hydroxylation is 1. The first kappa shape index (κ1) is 31.3. The number of halogens is 1. The number of rotatable bonds is 5. The van der Waals surface area contributed by atoms with E-state index < -0.39 is 23.2 Å². The fraction of sp³-hybridized carbons (Fsp3) is 0.485. The molecule has 3 aliphatic heterocycles. The number of nitrogens with zero attached hydrogens (tertiary/aromatic N) is 4. The smallest absolute Gasteiger partial charge is 0.411 e. The van der Waals surface area contributed by atoms with Crippen LogP contribution in [0.3, 0.4) is 0 Å².